The van der Waals surface area contributed by atoms with Gasteiger partial charge in [-0.15, -0.1) is 0 Å². The van der Waals surface area contributed by atoms with Crippen LogP contribution in [0.3, 0.4) is 0 Å². The highest BCUT2D eigenvalue weighted by atomic mass is 32.2. The van der Waals surface area contributed by atoms with Crippen LogP contribution in [0.4, 0.5) is 0 Å². The SMILES string of the molecule is CN(CC1COCC1N)C1CCS(=O)(=O)C1. The summed E-state index contributed by atoms with van der Waals surface area (Å²) in [5, 5.41) is 0. The van der Waals surface area contributed by atoms with E-state index >= 15 is 0 Å². The molecule has 2 rings (SSSR count). The van der Waals surface area contributed by atoms with Crippen molar-refractivity contribution in [3.05, 3.63) is 0 Å². The molecule has 2 fully saturated rings. The minimum absolute atomic E-state index is 0.0976. The van der Waals surface area contributed by atoms with Crippen LogP contribution < -0.4 is 5.73 Å². The molecule has 0 aliphatic carbocycles. The maximum absolute atomic E-state index is 11.4. The minimum Gasteiger partial charge on any atom is -0.379 e. The third kappa shape index (κ3) is 2.74. The van der Waals surface area contributed by atoms with Crippen molar-refractivity contribution in [2.75, 3.05) is 38.3 Å². The molecule has 2 saturated heterocycles. The number of hydrogen-bond acceptors (Lipinski definition) is 5. The second-order valence-corrected chi connectivity index (χ2v) is 7.19. The number of nitrogens with zero attached hydrogens (tertiary/aromatic N) is 1. The highest BCUT2D eigenvalue weighted by Crippen LogP contribution is 2.20. The second kappa shape index (κ2) is 4.60. The fourth-order valence-corrected chi connectivity index (χ4v) is 4.25. The molecule has 6 heteroatoms. The van der Waals surface area contributed by atoms with Crippen LogP contribution in [0.1, 0.15) is 6.42 Å². The predicted molar refractivity (Wildman–Crippen MR) is 62.0 cm³/mol. The average Bonchev–Trinajstić information content (AvgIpc) is 2.74. The van der Waals surface area contributed by atoms with Crippen LogP contribution in [0.25, 0.3) is 0 Å². The van der Waals surface area contributed by atoms with E-state index in [1.807, 2.05) is 7.05 Å². The summed E-state index contributed by atoms with van der Waals surface area (Å²) in [6, 6.07) is 0.262. The van der Waals surface area contributed by atoms with Gasteiger partial charge in [-0.25, -0.2) is 8.42 Å². The van der Waals surface area contributed by atoms with Crippen LogP contribution in [-0.2, 0) is 14.6 Å². The first-order chi connectivity index (χ1) is 7.48. The highest BCUT2D eigenvalue weighted by molar-refractivity contribution is 7.91. The molecule has 0 radical (unpaired) electrons. The summed E-state index contributed by atoms with van der Waals surface area (Å²) in [5.74, 6) is 0.968. The third-order valence-electron chi connectivity index (χ3n) is 3.60. The normalized spacial score (nSPS) is 38.3. The quantitative estimate of drug-likeness (QED) is 0.699. The topological polar surface area (TPSA) is 72.6 Å². The molecule has 0 aromatic carbocycles. The Morgan fingerprint density at radius 2 is 2.19 bits per heavy atom. The molecule has 0 amide bonds. The number of hydrogen-bond donors (Lipinski definition) is 1. The molecular formula is C10H20N2O3S. The Kier molecular flexibility index (Phi) is 3.53. The largest absolute Gasteiger partial charge is 0.379 e. The first-order valence-electron chi connectivity index (χ1n) is 5.72. The van der Waals surface area contributed by atoms with Crippen LogP contribution in [-0.4, -0.2) is 63.7 Å². The molecule has 0 aromatic rings. The van der Waals surface area contributed by atoms with Crippen molar-refractivity contribution in [3.63, 3.8) is 0 Å². The van der Waals surface area contributed by atoms with Crippen LogP contribution in [0, 0.1) is 5.92 Å². The van der Waals surface area contributed by atoms with Gasteiger partial charge in [-0.2, -0.15) is 0 Å². The molecule has 5 nitrogen and oxygen atoms in total. The lowest BCUT2D eigenvalue weighted by molar-refractivity contribution is 0.164. The summed E-state index contributed by atoms with van der Waals surface area (Å²) in [7, 11) is -0.809. The van der Waals surface area contributed by atoms with Crippen LogP contribution >= 0.6 is 0 Å². The van der Waals surface area contributed by atoms with E-state index in [0.29, 0.717) is 30.6 Å². The molecule has 0 bridgehead atoms. The van der Waals surface area contributed by atoms with Crippen LogP contribution in [0.2, 0.25) is 0 Å². The monoisotopic (exact) mass is 248 g/mol. The zero-order chi connectivity index (χ0) is 11.8. The van der Waals surface area contributed by atoms with Gasteiger partial charge in [-0.3, -0.25) is 0 Å². The summed E-state index contributed by atoms with van der Waals surface area (Å²) in [4.78, 5) is 2.13. The summed E-state index contributed by atoms with van der Waals surface area (Å²) < 4.78 is 28.0. The van der Waals surface area contributed by atoms with E-state index in [1.165, 1.54) is 0 Å². The summed E-state index contributed by atoms with van der Waals surface area (Å²) >= 11 is 0. The van der Waals surface area contributed by atoms with E-state index in [-0.39, 0.29) is 12.1 Å². The second-order valence-electron chi connectivity index (χ2n) is 4.96. The van der Waals surface area contributed by atoms with Crippen molar-refractivity contribution >= 4 is 9.84 Å². The van der Waals surface area contributed by atoms with Crippen molar-refractivity contribution in [1.82, 2.24) is 4.90 Å². The first-order valence-corrected chi connectivity index (χ1v) is 7.54. The van der Waals surface area contributed by atoms with Gasteiger partial charge in [0.15, 0.2) is 9.84 Å². The highest BCUT2D eigenvalue weighted by Gasteiger charge is 2.33. The third-order valence-corrected chi connectivity index (χ3v) is 5.35. The van der Waals surface area contributed by atoms with E-state index in [2.05, 4.69) is 4.90 Å². The number of ether oxygens (including phenoxy) is 1. The summed E-state index contributed by atoms with van der Waals surface area (Å²) in [6.07, 6.45) is 0.752. The average molecular weight is 248 g/mol. The number of nitrogens with two attached hydrogens (primary N) is 1. The molecule has 3 unspecified atom stereocenters. The standard InChI is InChI=1S/C10H20N2O3S/c1-12(4-8-5-15-6-10(8)11)9-2-3-16(13,14)7-9/h8-10H,2-7,11H2,1H3. The van der Waals surface area contributed by atoms with Crippen molar-refractivity contribution in [2.24, 2.45) is 11.7 Å². The van der Waals surface area contributed by atoms with Crippen molar-refractivity contribution in [2.45, 2.75) is 18.5 Å². The molecule has 2 aliphatic heterocycles. The molecule has 0 spiro atoms. The number of rotatable bonds is 3. The fraction of sp³-hybridized carbons (Fsp3) is 1.00. The summed E-state index contributed by atoms with van der Waals surface area (Å²) in [5.41, 5.74) is 5.91. The molecule has 2 aliphatic rings. The molecule has 16 heavy (non-hydrogen) atoms. The Morgan fingerprint density at radius 1 is 1.44 bits per heavy atom. The Labute approximate surface area is 96.9 Å². The van der Waals surface area contributed by atoms with Crippen LogP contribution in [0.5, 0.6) is 0 Å². The van der Waals surface area contributed by atoms with Gasteiger partial charge in [0.25, 0.3) is 0 Å². The van der Waals surface area contributed by atoms with Crippen molar-refractivity contribution in [1.29, 1.82) is 0 Å². The lowest BCUT2D eigenvalue weighted by Gasteiger charge is -2.27. The smallest absolute Gasteiger partial charge is 0.151 e. The van der Waals surface area contributed by atoms with Gasteiger partial charge in [-0.1, -0.05) is 0 Å². The van der Waals surface area contributed by atoms with E-state index in [4.69, 9.17) is 10.5 Å². The molecular weight excluding hydrogens is 228 g/mol. The minimum atomic E-state index is -2.79. The van der Waals surface area contributed by atoms with Gasteiger partial charge in [0, 0.05) is 24.5 Å². The molecule has 2 heterocycles. The lowest BCUT2D eigenvalue weighted by atomic mass is 10.0. The first kappa shape index (κ1) is 12.3. The Bertz CT molecular complexity index is 344. The molecule has 3 atom stereocenters. The molecule has 94 valence electrons. The molecule has 0 saturated carbocycles. The Balaban J connectivity index is 1.86. The Hall–Kier alpha value is -0.170. The van der Waals surface area contributed by atoms with Gasteiger partial charge in [0.2, 0.25) is 0 Å². The zero-order valence-corrected chi connectivity index (χ0v) is 10.4. The van der Waals surface area contributed by atoms with Gasteiger partial charge in [0.05, 0.1) is 24.7 Å². The fourth-order valence-electron chi connectivity index (χ4n) is 2.45. The molecule has 0 aromatic heterocycles. The number of sulfone groups is 1. The van der Waals surface area contributed by atoms with Crippen molar-refractivity contribution < 1.29 is 13.2 Å². The van der Waals surface area contributed by atoms with Crippen molar-refractivity contribution in [3.8, 4) is 0 Å². The maximum Gasteiger partial charge on any atom is 0.151 e. The molecule has 2 N–H and O–H groups in total. The van der Waals surface area contributed by atoms with Gasteiger partial charge in [-0.05, 0) is 13.5 Å². The van der Waals surface area contributed by atoms with E-state index in [9.17, 15) is 8.42 Å². The van der Waals surface area contributed by atoms with Crippen LogP contribution in [0.15, 0.2) is 0 Å². The summed E-state index contributed by atoms with van der Waals surface area (Å²) in [6.45, 7) is 2.16. The van der Waals surface area contributed by atoms with E-state index < -0.39 is 9.84 Å². The van der Waals surface area contributed by atoms with E-state index in [1.54, 1.807) is 0 Å². The zero-order valence-electron chi connectivity index (χ0n) is 9.63. The predicted octanol–water partition coefficient (Wildman–Crippen LogP) is -0.921. The maximum atomic E-state index is 11.4. The van der Waals surface area contributed by atoms with Gasteiger partial charge < -0.3 is 15.4 Å². The lowest BCUT2D eigenvalue weighted by Crippen LogP contribution is -2.41. The van der Waals surface area contributed by atoms with Gasteiger partial charge >= 0.3 is 0 Å². The van der Waals surface area contributed by atoms with Gasteiger partial charge in [0.1, 0.15) is 0 Å². The van der Waals surface area contributed by atoms with E-state index in [0.717, 1.165) is 13.0 Å². The Morgan fingerprint density at radius 3 is 2.69 bits per heavy atom.